The molecule has 6 nitrogen and oxygen atoms in total. The molecule has 0 saturated carbocycles. The number of hydrogen-bond acceptors (Lipinski definition) is 5. The Morgan fingerprint density at radius 1 is 1.20 bits per heavy atom. The molecule has 1 heterocycles. The predicted octanol–water partition coefficient (Wildman–Crippen LogP) is 2.08. The van der Waals surface area contributed by atoms with Crippen LogP contribution in [0.1, 0.15) is 36.5 Å². The maximum absolute atomic E-state index is 12.2. The van der Waals surface area contributed by atoms with Crippen molar-refractivity contribution in [3.05, 3.63) is 29.8 Å². The van der Waals surface area contributed by atoms with E-state index in [0.717, 1.165) is 32.4 Å². The van der Waals surface area contributed by atoms with Gasteiger partial charge in [-0.2, -0.15) is 0 Å². The Morgan fingerprint density at radius 2 is 1.92 bits per heavy atom. The minimum Gasteiger partial charge on any atom is -0.452 e. The summed E-state index contributed by atoms with van der Waals surface area (Å²) in [6, 6.07) is 6.98. The summed E-state index contributed by atoms with van der Waals surface area (Å²) in [6.07, 6.45) is 2.93. The van der Waals surface area contributed by atoms with E-state index in [9.17, 15) is 14.4 Å². The number of hydrogen-bond donors (Lipinski definition) is 1. The van der Waals surface area contributed by atoms with Crippen LogP contribution in [0, 0.1) is 0 Å². The van der Waals surface area contributed by atoms with E-state index in [-0.39, 0.29) is 18.4 Å². The van der Waals surface area contributed by atoms with Gasteiger partial charge in [-0.3, -0.25) is 9.59 Å². The van der Waals surface area contributed by atoms with Crippen molar-refractivity contribution in [2.24, 2.45) is 0 Å². The summed E-state index contributed by atoms with van der Waals surface area (Å²) in [6.45, 7) is 3.83. The summed E-state index contributed by atoms with van der Waals surface area (Å²) < 4.78 is 5.07. The molecule has 0 radical (unpaired) electrons. The maximum atomic E-state index is 12.2. The van der Waals surface area contributed by atoms with Crippen LogP contribution in [0.3, 0.4) is 0 Å². The fraction of sp³-hybridized carbons (Fsp3) is 0.500. The Labute approximate surface area is 152 Å². The standard InChI is InChI=1S/C18H24N2O4S/c1-2-9-19-16(21)12-24-18(23)14-7-3-4-8-15(14)25-13-17(22)20-10-5-6-11-20/h3-4,7-8H,2,5-6,9-13H2,1H3,(H,19,21). The van der Waals surface area contributed by atoms with Gasteiger partial charge in [-0.25, -0.2) is 4.79 Å². The quantitative estimate of drug-likeness (QED) is 0.565. The van der Waals surface area contributed by atoms with Gasteiger partial charge in [0.15, 0.2) is 6.61 Å². The molecule has 0 unspecified atom stereocenters. The second kappa shape index (κ2) is 10.1. The van der Waals surface area contributed by atoms with Gasteiger partial charge in [0, 0.05) is 24.5 Å². The Hall–Kier alpha value is -2.02. The monoisotopic (exact) mass is 364 g/mol. The molecule has 1 saturated heterocycles. The lowest BCUT2D eigenvalue weighted by atomic mass is 10.2. The highest BCUT2D eigenvalue weighted by atomic mass is 32.2. The first-order valence-electron chi connectivity index (χ1n) is 8.55. The molecule has 7 heteroatoms. The lowest BCUT2D eigenvalue weighted by Crippen LogP contribution is -2.29. The minimum absolute atomic E-state index is 0.0876. The smallest absolute Gasteiger partial charge is 0.339 e. The number of thioether (sulfide) groups is 1. The van der Waals surface area contributed by atoms with Gasteiger partial charge in [0.1, 0.15) is 0 Å². The van der Waals surface area contributed by atoms with Crippen LogP contribution in [0.15, 0.2) is 29.2 Å². The highest BCUT2D eigenvalue weighted by Gasteiger charge is 2.20. The first-order valence-corrected chi connectivity index (χ1v) is 9.53. The van der Waals surface area contributed by atoms with Crippen LogP contribution in [0.25, 0.3) is 0 Å². The SMILES string of the molecule is CCCNC(=O)COC(=O)c1ccccc1SCC(=O)N1CCCC1. The van der Waals surface area contributed by atoms with E-state index in [4.69, 9.17) is 4.74 Å². The van der Waals surface area contributed by atoms with Crippen LogP contribution < -0.4 is 5.32 Å². The number of carbonyl (C=O) groups excluding carboxylic acids is 3. The van der Waals surface area contributed by atoms with Crippen LogP contribution in [0.4, 0.5) is 0 Å². The van der Waals surface area contributed by atoms with Gasteiger partial charge >= 0.3 is 5.97 Å². The lowest BCUT2D eigenvalue weighted by Gasteiger charge is -2.15. The number of nitrogens with one attached hydrogen (secondary N) is 1. The second-order valence-corrected chi connectivity index (χ2v) is 6.82. The summed E-state index contributed by atoms with van der Waals surface area (Å²) >= 11 is 1.33. The minimum atomic E-state index is -0.552. The third-order valence-corrected chi connectivity index (χ3v) is 4.88. The molecule has 0 bridgehead atoms. The molecule has 1 N–H and O–H groups in total. The molecule has 136 valence electrons. The zero-order chi connectivity index (χ0) is 18.1. The average Bonchev–Trinajstić information content (AvgIpc) is 3.17. The Balaban J connectivity index is 1.89. The van der Waals surface area contributed by atoms with Crippen molar-refractivity contribution < 1.29 is 19.1 Å². The Kier molecular flexibility index (Phi) is 7.78. The third kappa shape index (κ3) is 6.08. The van der Waals surface area contributed by atoms with Crippen molar-refractivity contribution in [3.8, 4) is 0 Å². The summed E-state index contributed by atoms with van der Waals surface area (Å²) in [5.41, 5.74) is 0.380. The number of rotatable bonds is 8. The van der Waals surface area contributed by atoms with E-state index in [1.807, 2.05) is 17.9 Å². The maximum Gasteiger partial charge on any atom is 0.339 e. The topological polar surface area (TPSA) is 75.7 Å². The highest BCUT2D eigenvalue weighted by Crippen LogP contribution is 2.24. The van der Waals surface area contributed by atoms with E-state index in [2.05, 4.69) is 5.32 Å². The van der Waals surface area contributed by atoms with E-state index >= 15 is 0 Å². The Morgan fingerprint density at radius 3 is 2.64 bits per heavy atom. The van der Waals surface area contributed by atoms with E-state index in [0.29, 0.717) is 22.8 Å². The molecule has 1 aromatic rings. The molecule has 1 aliphatic heterocycles. The van der Waals surface area contributed by atoms with Crippen LogP contribution in [0.5, 0.6) is 0 Å². The second-order valence-electron chi connectivity index (χ2n) is 5.80. The van der Waals surface area contributed by atoms with Gasteiger partial charge in [0.2, 0.25) is 5.91 Å². The molecule has 0 atom stereocenters. The van der Waals surface area contributed by atoms with Crippen molar-refractivity contribution in [1.82, 2.24) is 10.2 Å². The van der Waals surface area contributed by atoms with Crippen LogP contribution in [-0.4, -0.2) is 54.7 Å². The molecule has 0 spiro atoms. The zero-order valence-electron chi connectivity index (χ0n) is 14.5. The van der Waals surface area contributed by atoms with Crippen molar-refractivity contribution in [1.29, 1.82) is 0 Å². The first kappa shape index (κ1) is 19.3. The molecule has 1 fully saturated rings. The van der Waals surface area contributed by atoms with Gasteiger partial charge in [-0.05, 0) is 31.4 Å². The van der Waals surface area contributed by atoms with E-state index in [1.54, 1.807) is 18.2 Å². The molecule has 0 aliphatic carbocycles. The third-order valence-electron chi connectivity index (χ3n) is 3.82. The number of likely N-dealkylation sites (tertiary alicyclic amines) is 1. The van der Waals surface area contributed by atoms with Crippen molar-refractivity contribution in [2.45, 2.75) is 31.1 Å². The van der Waals surface area contributed by atoms with Crippen molar-refractivity contribution in [2.75, 3.05) is 32.0 Å². The molecule has 1 aliphatic rings. The van der Waals surface area contributed by atoms with E-state index in [1.165, 1.54) is 11.8 Å². The number of esters is 1. The summed E-state index contributed by atoms with van der Waals surface area (Å²) in [5.74, 6) is -0.487. The predicted molar refractivity (Wildman–Crippen MR) is 96.6 cm³/mol. The normalized spacial score (nSPS) is 13.6. The lowest BCUT2D eigenvalue weighted by molar-refractivity contribution is -0.127. The van der Waals surface area contributed by atoms with Gasteiger partial charge < -0.3 is 15.0 Å². The first-order chi connectivity index (χ1) is 12.1. The highest BCUT2D eigenvalue weighted by molar-refractivity contribution is 8.00. The average molecular weight is 364 g/mol. The molecular formula is C18H24N2O4S. The molecule has 2 amide bonds. The van der Waals surface area contributed by atoms with Crippen LogP contribution in [0.2, 0.25) is 0 Å². The van der Waals surface area contributed by atoms with Crippen LogP contribution >= 0.6 is 11.8 Å². The molecule has 2 rings (SSSR count). The number of nitrogens with zero attached hydrogens (tertiary/aromatic N) is 1. The largest absolute Gasteiger partial charge is 0.452 e. The summed E-state index contributed by atoms with van der Waals surface area (Å²) in [4.78, 5) is 38.5. The fourth-order valence-corrected chi connectivity index (χ4v) is 3.43. The number of amides is 2. The number of benzene rings is 1. The molecule has 1 aromatic carbocycles. The molecule has 25 heavy (non-hydrogen) atoms. The number of carbonyl (C=O) groups is 3. The zero-order valence-corrected chi connectivity index (χ0v) is 15.3. The molecule has 0 aromatic heterocycles. The van der Waals surface area contributed by atoms with Crippen molar-refractivity contribution >= 4 is 29.5 Å². The van der Waals surface area contributed by atoms with Gasteiger partial charge in [0.25, 0.3) is 5.91 Å². The van der Waals surface area contributed by atoms with Crippen molar-refractivity contribution in [3.63, 3.8) is 0 Å². The fourth-order valence-electron chi connectivity index (χ4n) is 2.48. The summed E-state index contributed by atoms with van der Waals surface area (Å²) in [5, 5.41) is 2.65. The van der Waals surface area contributed by atoms with E-state index < -0.39 is 5.97 Å². The van der Waals surface area contributed by atoms with Gasteiger partial charge in [0.05, 0.1) is 11.3 Å². The van der Waals surface area contributed by atoms with Gasteiger partial charge in [-0.1, -0.05) is 19.1 Å². The molecular weight excluding hydrogens is 340 g/mol. The van der Waals surface area contributed by atoms with Gasteiger partial charge in [-0.15, -0.1) is 11.8 Å². The summed E-state index contributed by atoms with van der Waals surface area (Å²) in [7, 11) is 0. The number of ether oxygens (including phenoxy) is 1. The Bertz CT molecular complexity index is 615. The van der Waals surface area contributed by atoms with Crippen LogP contribution in [-0.2, 0) is 14.3 Å².